The largest absolute Gasteiger partial charge is 0.500 e. The third-order valence-electron chi connectivity index (χ3n) is 4.16. The Kier molecular flexibility index (Phi) is 14.6. The summed E-state index contributed by atoms with van der Waals surface area (Å²) < 4.78 is 17.2. The van der Waals surface area contributed by atoms with Crippen molar-refractivity contribution in [1.82, 2.24) is 10.2 Å². The normalized spacial score (nSPS) is 16.2. The Hall–Kier alpha value is -0.833. The molecular weight excluding hydrogens is 404 g/mol. The molecule has 2 amide bonds. The second kappa shape index (κ2) is 15.0. The zero-order chi connectivity index (χ0) is 22.4. The first-order chi connectivity index (χ1) is 13.7. The highest BCUT2D eigenvalue weighted by molar-refractivity contribution is 6.60. The van der Waals surface area contributed by atoms with Crippen molar-refractivity contribution in [2.75, 3.05) is 46.6 Å². The number of likely N-dealkylation sites (N-methyl/N-ethyl adjacent to an activating group) is 1. The lowest BCUT2D eigenvalue weighted by molar-refractivity contribution is -0.117. The number of carbonyl (C=O) groups is 1. The van der Waals surface area contributed by atoms with Gasteiger partial charge >= 0.3 is 14.8 Å². The molecule has 0 spiro atoms. The number of rotatable bonds is 16. The minimum atomic E-state index is -2.77. The van der Waals surface area contributed by atoms with Crippen LogP contribution in [0, 0.1) is 0 Å². The van der Waals surface area contributed by atoms with Gasteiger partial charge in [-0.2, -0.15) is 0 Å². The van der Waals surface area contributed by atoms with E-state index in [1.165, 1.54) is 7.05 Å². The van der Waals surface area contributed by atoms with Crippen molar-refractivity contribution >= 4 is 14.8 Å². The van der Waals surface area contributed by atoms with E-state index in [4.69, 9.17) is 18.4 Å². The summed E-state index contributed by atoms with van der Waals surface area (Å²) in [5.74, 6) is 0. The van der Waals surface area contributed by atoms with Crippen molar-refractivity contribution < 1.29 is 43.6 Å². The quantitative estimate of drug-likeness (QED) is 0.123. The Morgan fingerprint density at radius 1 is 0.966 bits per heavy atom. The minimum Gasteiger partial charge on any atom is -0.394 e. The van der Waals surface area contributed by atoms with Gasteiger partial charge in [0.2, 0.25) is 0 Å². The summed E-state index contributed by atoms with van der Waals surface area (Å²) in [6.45, 7) is 6.30. The van der Waals surface area contributed by atoms with E-state index in [1.54, 1.807) is 0 Å². The first-order valence-corrected chi connectivity index (χ1v) is 11.8. The van der Waals surface area contributed by atoms with Crippen LogP contribution < -0.4 is 5.32 Å². The van der Waals surface area contributed by atoms with E-state index in [1.807, 2.05) is 20.8 Å². The van der Waals surface area contributed by atoms with Gasteiger partial charge in [0.05, 0.1) is 13.2 Å². The Morgan fingerprint density at radius 3 is 1.90 bits per heavy atom. The van der Waals surface area contributed by atoms with Gasteiger partial charge in [0.25, 0.3) is 0 Å². The van der Waals surface area contributed by atoms with E-state index in [2.05, 4.69) is 5.32 Å². The van der Waals surface area contributed by atoms with Gasteiger partial charge in [0, 0.05) is 39.5 Å². The van der Waals surface area contributed by atoms with E-state index in [9.17, 15) is 25.2 Å². The molecule has 29 heavy (non-hydrogen) atoms. The molecule has 0 radical (unpaired) electrons. The molecule has 0 aromatic heterocycles. The fourth-order valence-electron chi connectivity index (χ4n) is 2.67. The van der Waals surface area contributed by atoms with Crippen LogP contribution >= 0.6 is 0 Å². The van der Waals surface area contributed by atoms with Gasteiger partial charge < -0.3 is 49.0 Å². The van der Waals surface area contributed by atoms with Crippen LogP contribution in [-0.2, 0) is 13.3 Å². The second-order valence-corrected chi connectivity index (χ2v) is 9.23. The van der Waals surface area contributed by atoms with E-state index < -0.39 is 45.9 Å². The zero-order valence-electron chi connectivity index (χ0n) is 17.8. The van der Waals surface area contributed by atoms with Gasteiger partial charge in [-0.25, -0.2) is 4.79 Å². The van der Waals surface area contributed by atoms with Gasteiger partial charge in [0.1, 0.15) is 24.4 Å². The fraction of sp³-hybridized carbons (Fsp3) is 0.941. The molecule has 0 saturated carbocycles. The highest BCUT2D eigenvalue weighted by Gasteiger charge is 2.39. The molecule has 12 heteroatoms. The Morgan fingerprint density at radius 2 is 1.45 bits per heavy atom. The van der Waals surface area contributed by atoms with Crippen LogP contribution in [0.5, 0.6) is 0 Å². The predicted octanol–water partition coefficient (Wildman–Crippen LogP) is -1.50. The Labute approximate surface area is 173 Å². The smallest absolute Gasteiger partial charge is 0.394 e. The number of nitrogens with one attached hydrogen (secondary N) is 1. The predicted molar refractivity (Wildman–Crippen MR) is 107 cm³/mol. The van der Waals surface area contributed by atoms with Gasteiger partial charge in [-0.05, 0) is 27.2 Å². The maximum absolute atomic E-state index is 12.2. The number of nitrogens with zero attached hydrogens (tertiary/aromatic N) is 1. The van der Waals surface area contributed by atoms with E-state index in [0.29, 0.717) is 38.8 Å². The van der Waals surface area contributed by atoms with Crippen LogP contribution in [0.4, 0.5) is 4.79 Å². The van der Waals surface area contributed by atoms with Gasteiger partial charge in [-0.1, -0.05) is 0 Å². The van der Waals surface area contributed by atoms with Crippen molar-refractivity contribution in [1.29, 1.82) is 0 Å². The van der Waals surface area contributed by atoms with Crippen molar-refractivity contribution in [2.45, 2.75) is 57.7 Å². The van der Waals surface area contributed by atoms with Crippen molar-refractivity contribution in [3.63, 3.8) is 0 Å². The summed E-state index contributed by atoms with van der Waals surface area (Å²) in [6, 6.07) is 0.0592. The first kappa shape index (κ1) is 28.2. The lowest BCUT2D eigenvalue weighted by atomic mass is 10.0. The molecule has 0 aromatic carbocycles. The second-order valence-electron chi connectivity index (χ2n) is 6.50. The van der Waals surface area contributed by atoms with Crippen molar-refractivity contribution in [3.05, 3.63) is 0 Å². The van der Waals surface area contributed by atoms with Crippen LogP contribution in [0.2, 0.25) is 6.04 Å². The molecule has 0 aliphatic heterocycles. The summed E-state index contributed by atoms with van der Waals surface area (Å²) >= 11 is 0. The van der Waals surface area contributed by atoms with E-state index in [0.717, 1.165) is 4.90 Å². The number of aliphatic hydroxyl groups excluding tert-OH is 5. The standard InChI is InChI=1S/C17H38N2O9Si/c1-5-26-29(27-6-2,28-7-3)10-8-9-18-17(25)19(4)11-13(21)15(23)16(24)14(22)12-20/h13-16,20-24H,5-12H2,1-4H3,(H,18,25). The van der Waals surface area contributed by atoms with Gasteiger partial charge in [-0.15, -0.1) is 0 Å². The highest BCUT2D eigenvalue weighted by atomic mass is 28.4. The maximum Gasteiger partial charge on any atom is 0.500 e. The average molecular weight is 443 g/mol. The van der Waals surface area contributed by atoms with Crippen LogP contribution in [-0.4, -0.2) is 116 Å². The van der Waals surface area contributed by atoms with Crippen molar-refractivity contribution in [2.24, 2.45) is 0 Å². The number of carbonyl (C=O) groups excluding carboxylic acids is 1. The summed E-state index contributed by atoms with van der Waals surface area (Å²) in [6.07, 6.45) is -5.98. The molecule has 0 aromatic rings. The average Bonchev–Trinajstić information content (AvgIpc) is 2.69. The summed E-state index contributed by atoms with van der Waals surface area (Å²) in [4.78, 5) is 13.3. The molecule has 0 heterocycles. The summed E-state index contributed by atoms with van der Waals surface area (Å²) in [5.41, 5.74) is 0. The van der Waals surface area contributed by atoms with E-state index in [-0.39, 0.29) is 6.54 Å². The maximum atomic E-state index is 12.2. The molecule has 0 fully saturated rings. The zero-order valence-corrected chi connectivity index (χ0v) is 18.8. The Balaban J connectivity index is 4.48. The molecule has 4 atom stereocenters. The van der Waals surface area contributed by atoms with Gasteiger partial charge in [0.15, 0.2) is 0 Å². The molecule has 174 valence electrons. The third-order valence-corrected chi connectivity index (χ3v) is 7.31. The van der Waals surface area contributed by atoms with Crippen LogP contribution in [0.1, 0.15) is 27.2 Å². The number of hydrogen-bond donors (Lipinski definition) is 6. The monoisotopic (exact) mass is 442 g/mol. The molecule has 0 rings (SSSR count). The van der Waals surface area contributed by atoms with Crippen molar-refractivity contribution in [3.8, 4) is 0 Å². The molecule has 0 aliphatic carbocycles. The number of amides is 2. The molecule has 11 nitrogen and oxygen atoms in total. The Bertz CT molecular complexity index is 430. The minimum absolute atomic E-state index is 0.280. The summed E-state index contributed by atoms with van der Waals surface area (Å²) in [7, 11) is -1.36. The molecule has 4 unspecified atom stereocenters. The molecule has 0 aliphatic rings. The van der Waals surface area contributed by atoms with Crippen LogP contribution in [0.25, 0.3) is 0 Å². The number of hydrogen-bond acceptors (Lipinski definition) is 9. The number of urea groups is 1. The lowest BCUT2D eigenvalue weighted by Crippen LogP contribution is -2.51. The molecule has 0 saturated heterocycles. The summed E-state index contributed by atoms with van der Waals surface area (Å²) in [5, 5.41) is 50.2. The fourth-order valence-corrected chi connectivity index (χ4v) is 5.28. The third kappa shape index (κ3) is 10.2. The van der Waals surface area contributed by atoms with Crippen LogP contribution in [0.15, 0.2) is 0 Å². The SMILES string of the molecule is CCO[Si](CCCNC(=O)N(C)CC(O)C(O)C(O)C(O)CO)(OCC)OCC. The van der Waals surface area contributed by atoms with E-state index >= 15 is 0 Å². The molecular formula is C17H38N2O9Si. The topological polar surface area (TPSA) is 161 Å². The lowest BCUT2D eigenvalue weighted by Gasteiger charge is -2.29. The first-order valence-electron chi connectivity index (χ1n) is 9.91. The van der Waals surface area contributed by atoms with Gasteiger partial charge in [-0.3, -0.25) is 0 Å². The molecule has 6 N–H and O–H groups in total. The molecule has 0 bridgehead atoms. The highest BCUT2D eigenvalue weighted by Crippen LogP contribution is 2.17. The number of aliphatic hydroxyl groups is 5. The van der Waals surface area contributed by atoms with Crippen LogP contribution in [0.3, 0.4) is 0 Å².